The SMILES string of the molecule is CCOc1cc([C@@H](Nc2cc(C(N)=O)ccc2F)C(=O)N2CCC[C@@H]2c2cc(N(C)C(=O)O)ccc2S(=O)(=O)C2CC2)ccc1F. The van der Waals surface area contributed by atoms with Gasteiger partial charge < -0.3 is 25.8 Å². The van der Waals surface area contributed by atoms with E-state index in [0.29, 0.717) is 25.7 Å². The highest BCUT2D eigenvalue weighted by Gasteiger charge is 2.42. The summed E-state index contributed by atoms with van der Waals surface area (Å²) < 4.78 is 62.1. The highest BCUT2D eigenvalue weighted by atomic mass is 32.2. The number of nitrogens with two attached hydrogens (primary N) is 1. The van der Waals surface area contributed by atoms with Crippen LogP contribution >= 0.6 is 0 Å². The van der Waals surface area contributed by atoms with Crippen LogP contribution in [0.4, 0.5) is 25.0 Å². The second kappa shape index (κ2) is 12.9. The van der Waals surface area contributed by atoms with E-state index in [0.717, 1.165) is 23.1 Å². The summed E-state index contributed by atoms with van der Waals surface area (Å²) in [5, 5.41) is 11.9. The summed E-state index contributed by atoms with van der Waals surface area (Å²) in [7, 11) is -2.45. The van der Waals surface area contributed by atoms with E-state index in [4.69, 9.17) is 10.5 Å². The molecule has 4 N–H and O–H groups in total. The Labute approximate surface area is 264 Å². The van der Waals surface area contributed by atoms with Crippen LogP contribution in [0.2, 0.25) is 0 Å². The molecule has 244 valence electrons. The maximum atomic E-state index is 15.1. The molecule has 0 radical (unpaired) electrons. The monoisotopic (exact) mass is 656 g/mol. The van der Waals surface area contributed by atoms with Crippen LogP contribution in [0.3, 0.4) is 0 Å². The smallest absolute Gasteiger partial charge is 0.411 e. The van der Waals surface area contributed by atoms with Gasteiger partial charge in [-0.2, -0.15) is 0 Å². The molecular formula is C32H34F2N4O7S. The number of rotatable bonds is 11. The number of amides is 3. The number of hydrogen-bond acceptors (Lipinski definition) is 7. The fourth-order valence-corrected chi connectivity index (χ4v) is 7.55. The van der Waals surface area contributed by atoms with Crippen molar-refractivity contribution in [2.24, 2.45) is 5.73 Å². The quantitative estimate of drug-likeness (QED) is 0.259. The van der Waals surface area contributed by atoms with Crippen molar-refractivity contribution in [1.29, 1.82) is 0 Å². The minimum atomic E-state index is -3.77. The van der Waals surface area contributed by atoms with E-state index < -0.39 is 56.7 Å². The van der Waals surface area contributed by atoms with Crippen LogP contribution in [0, 0.1) is 11.6 Å². The summed E-state index contributed by atoms with van der Waals surface area (Å²) in [5.74, 6) is -3.00. The number of carbonyl (C=O) groups excluding carboxylic acids is 2. The molecule has 1 aliphatic heterocycles. The molecular weight excluding hydrogens is 622 g/mol. The molecule has 3 amide bonds. The van der Waals surface area contributed by atoms with E-state index in [1.54, 1.807) is 6.92 Å². The minimum absolute atomic E-state index is 0.0162. The third kappa shape index (κ3) is 6.48. The first-order valence-electron chi connectivity index (χ1n) is 14.8. The lowest BCUT2D eigenvalue weighted by molar-refractivity contribution is -0.133. The van der Waals surface area contributed by atoms with Gasteiger partial charge in [0.15, 0.2) is 21.4 Å². The predicted octanol–water partition coefficient (Wildman–Crippen LogP) is 5.03. The first-order valence-corrected chi connectivity index (χ1v) is 16.3. The average Bonchev–Trinajstić information content (AvgIpc) is 3.78. The summed E-state index contributed by atoms with van der Waals surface area (Å²) >= 11 is 0. The molecule has 0 bridgehead atoms. The van der Waals surface area contributed by atoms with Gasteiger partial charge in [0.25, 0.3) is 0 Å². The maximum Gasteiger partial charge on any atom is 0.411 e. The summed E-state index contributed by atoms with van der Waals surface area (Å²) in [4.78, 5) is 40.5. The number of benzene rings is 3. The first-order chi connectivity index (χ1) is 21.8. The van der Waals surface area contributed by atoms with Crippen LogP contribution in [0.25, 0.3) is 0 Å². The Morgan fingerprint density at radius 3 is 2.43 bits per heavy atom. The van der Waals surface area contributed by atoms with Gasteiger partial charge >= 0.3 is 6.09 Å². The number of nitrogens with zero attached hydrogens (tertiary/aromatic N) is 2. The second-order valence-electron chi connectivity index (χ2n) is 11.3. The zero-order chi connectivity index (χ0) is 33.3. The lowest BCUT2D eigenvalue weighted by Gasteiger charge is -2.32. The van der Waals surface area contributed by atoms with Crippen LogP contribution in [0.1, 0.15) is 66.2 Å². The van der Waals surface area contributed by atoms with Crippen molar-refractivity contribution in [3.05, 3.63) is 82.9 Å². The van der Waals surface area contributed by atoms with Gasteiger partial charge in [0.1, 0.15) is 11.9 Å². The van der Waals surface area contributed by atoms with Gasteiger partial charge in [-0.05, 0) is 92.3 Å². The molecule has 1 saturated carbocycles. The van der Waals surface area contributed by atoms with Crippen LogP contribution in [0.5, 0.6) is 5.75 Å². The zero-order valence-electron chi connectivity index (χ0n) is 25.2. The van der Waals surface area contributed by atoms with Crippen molar-refractivity contribution >= 4 is 39.1 Å². The van der Waals surface area contributed by atoms with E-state index in [2.05, 4.69) is 5.32 Å². The molecule has 3 aromatic carbocycles. The molecule has 2 aliphatic rings. The lowest BCUT2D eigenvalue weighted by atomic mass is 10.00. The Balaban J connectivity index is 1.61. The van der Waals surface area contributed by atoms with Crippen LogP contribution < -0.4 is 20.7 Å². The molecule has 1 saturated heterocycles. The number of ether oxygens (including phenoxy) is 1. The number of anilines is 2. The number of hydrogen-bond donors (Lipinski definition) is 3. The third-order valence-electron chi connectivity index (χ3n) is 8.22. The average molecular weight is 657 g/mol. The second-order valence-corrected chi connectivity index (χ2v) is 13.5. The molecule has 0 unspecified atom stereocenters. The standard InChI is InChI=1S/C32H34F2N4O7S/c1-3-45-27-16-18(6-12-24(27)34)29(36-25-15-19(30(35)39)7-11-23(25)33)31(40)38-14-4-5-26(38)22-17-20(37(2)32(41)42)8-13-28(22)46(43,44)21-9-10-21/h6-8,11-13,15-17,21,26,29,36H,3-5,9-10,14H2,1-2H3,(H2,35,39)(H,41,42)/t26-,29-/m1/s1. The number of sulfone groups is 1. The van der Waals surface area contributed by atoms with Gasteiger partial charge in [0.2, 0.25) is 11.8 Å². The number of carboxylic acid groups (broad SMARTS) is 1. The molecule has 0 spiro atoms. The molecule has 0 aromatic heterocycles. The maximum absolute atomic E-state index is 15.1. The highest BCUT2D eigenvalue weighted by molar-refractivity contribution is 7.92. The number of likely N-dealkylation sites (tertiary alicyclic amines) is 1. The first kappa shape index (κ1) is 32.7. The van der Waals surface area contributed by atoms with E-state index >= 15 is 4.39 Å². The molecule has 2 fully saturated rings. The predicted molar refractivity (Wildman–Crippen MR) is 166 cm³/mol. The van der Waals surface area contributed by atoms with Gasteiger partial charge in [-0.3, -0.25) is 14.5 Å². The molecule has 14 heteroatoms. The van der Waals surface area contributed by atoms with Crippen molar-refractivity contribution < 1.29 is 41.4 Å². The Hall–Kier alpha value is -4.72. The van der Waals surface area contributed by atoms with Crippen molar-refractivity contribution in [3.63, 3.8) is 0 Å². The zero-order valence-corrected chi connectivity index (χ0v) is 26.0. The number of nitrogens with one attached hydrogen (secondary N) is 1. The molecule has 46 heavy (non-hydrogen) atoms. The van der Waals surface area contributed by atoms with Gasteiger partial charge in [-0.15, -0.1) is 0 Å². The van der Waals surface area contributed by atoms with Crippen LogP contribution in [-0.2, 0) is 14.6 Å². The highest BCUT2D eigenvalue weighted by Crippen LogP contribution is 2.43. The Morgan fingerprint density at radius 1 is 1.07 bits per heavy atom. The topological polar surface area (TPSA) is 159 Å². The molecule has 2 atom stereocenters. The van der Waals surface area contributed by atoms with E-state index in [9.17, 15) is 32.3 Å². The van der Waals surface area contributed by atoms with Crippen LogP contribution in [0.15, 0.2) is 59.5 Å². The summed E-state index contributed by atoms with van der Waals surface area (Å²) in [6, 6.07) is 9.33. The Bertz CT molecular complexity index is 1800. The lowest BCUT2D eigenvalue weighted by Crippen LogP contribution is -2.38. The summed E-state index contributed by atoms with van der Waals surface area (Å²) in [5.41, 5.74) is 5.88. The van der Waals surface area contributed by atoms with E-state index in [-0.39, 0.29) is 51.9 Å². The van der Waals surface area contributed by atoms with E-state index in [1.165, 1.54) is 48.3 Å². The Kier molecular flexibility index (Phi) is 9.20. The number of carbonyl (C=O) groups is 3. The van der Waals surface area contributed by atoms with Crippen molar-refractivity contribution in [2.45, 2.75) is 54.8 Å². The van der Waals surface area contributed by atoms with Crippen molar-refractivity contribution in [3.8, 4) is 5.75 Å². The normalized spacial score (nSPS) is 17.0. The number of primary amides is 1. The fourth-order valence-electron chi connectivity index (χ4n) is 5.65. The van der Waals surface area contributed by atoms with Gasteiger partial charge in [-0.1, -0.05) is 6.07 Å². The Morgan fingerprint density at radius 2 is 1.78 bits per heavy atom. The molecule has 11 nitrogen and oxygen atoms in total. The fraction of sp³-hybridized carbons (Fsp3) is 0.344. The van der Waals surface area contributed by atoms with Gasteiger partial charge in [0.05, 0.1) is 28.5 Å². The molecule has 1 heterocycles. The van der Waals surface area contributed by atoms with E-state index in [1.807, 2.05) is 0 Å². The van der Waals surface area contributed by atoms with Crippen molar-refractivity contribution in [2.75, 3.05) is 30.4 Å². The third-order valence-corrected chi connectivity index (χ3v) is 10.6. The summed E-state index contributed by atoms with van der Waals surface area (Å²) in [6.45, 7) is 2.00. The number of halogens is 2. The molecule has 1 aliphatic carbocycles. The molecule has 3 aromatic rings. The van der Waals surface area contributed by atoms with Gasteiger partial charge in [-0.25, -0.2) is 22.0 Å². The summed E-state index contributed by atoms with van der Waals surface area (Å²) in [6.07, 6.45) is 0.602. The van der Waals surface area contributed by atoms with Gasteiger partial charge in [0, 0.05) is 24.8 Å². The van der Waals surface area contributed by atoms with Crippen LogP contribution in [-0.4, -0.2) is 61.8 Å². The largest absolute Gasteiger partial charge is 0.491 e. The minimum Gasteiger partial charge on any atom is -0.491 e. The van der Waals surface area contributed by atoms with Crippen molar-refractivity contribution in [1.82, 2.24) is 4.90 Å². The molecule has 5 rings (SSSR count).